The van der Waals surface area contributed by atoms with E-state index in [1.54, 1.807) is 0 Å². The molecule has 0 saturated carbocycles. The maximum Gasteiger partial charge on any atom is 0.0868 e. The Balaban J connectivity index is 2.38. The fourth-order valence-corrected chi connectivity index (χ4v) is 2.18. The molecule has 0 spiro atoms. The first-order valence-corrected chi connectivity index (χ1v) is 5.65. The van der Waals surface area contributed by atoms with Crippen LogP contribution in [0.25, 0.3) is 0 Å². The largest absolute Gasteiger partial charge is 0.302 e. The van der Waals surface area contributed by atoms with Crippen LogP contribution < -0.4 is 0 Å². The third-order valence-electron chi connectivity index (χ3n) is 3.14. The summed E-state index contributed by atoms with van der Waals surface area (Å²) in [6.07, 6.45) is 2.52. The number of nitriles is 1. The zero-order valence-electron chi connectivity index (χ0n) is 9.37. The molecule has 0 radical (unpaired) electrons. The van der Waals surface area contributed by atoms with E-state index >= 15 is 0 Å². The average Bonchev–Trinajstić information content (AvgIpc) is 2.62. The van der Waals surface area contributed by atoms with Crippen LogP contribution in [0.3, 0.4) is 0 Å². The first-order valence-electron chi connectivity index (χ1n) is 5.65. The van der Waals surface area contributed by atoms with Crippen molar-refractivity contribution in [1.29, 1.82) is 5.26 Å². The van der Waals surface area contributed by atoms with E-state index in [0.29, 0.717) is 12.6 Å². The third kappa shape index (κ3) is 2.97. The van der Waals surface area contributed by atoms with Crippen LogP contribution in [0.15, 0.2) is 0 Å². The molecule has 1 unspecified atom stereocenters. The summed E-state index contributed by atoms with van der Waals surface area (Å²) >= 11 is 0. The smallest absolute Gasteiger partial charge is 0.0868 e. The van der Waals surface area contributed by atoms with Crippen molar-refractivity contribution in [2.24, 2.45) is 0 Å². The van der Waals surface area contributed by atoms with E-state index in [1.165, 1.54) is 12.8 Å². The van der Waals surface area contributed by atoms with Crippen LogP contribution in [-0.4, -0.2) is 48.6 Å². The van der Waals surface area contributed by atoms with Crippen molar-refractivity contribution in [3.63, 3.8) is 0 Å². The summed E-state index contributed by atoms with van der Waals surface area (Å²) in [6, 6.07) is 2.88. The van der Waals surface area contributed by atoms with Gasteiger partial charge < -0.3 is 4.90 Å². The van der Waals surface area contributed by atoms with Crippen LogP contribution >= 0.6 is 0 Å². The Bertz CT molecular complexity index is 193. The Labute approximate surface area is 87.3 Å². The SMILES string of the molecule is CCN(CC)CC1CCCN1CC#N. The molecular weight excluding hydrogens is 174 g/mol. The number of hydrogen-bond acceptors (Lipinski definition) is 3. The maximum absolute atomic E-state index is 8.69. The maximum atomic E-state index is 8.69. The highest BCUT2D eigenvalue weighted by molar-refractivity contribution is 4.87. The summed E-state index contributed by atoms with van der Waals surface area (Å²) in [5.41, 5.74) is 0. The Morgan fingerprint density at radius 2 is 2.14 bits per heavy atom. The van der Waals surface area contributed by atoms with E-state index in [4.69, 9.17) is 5.26 Å². The molecule has 3 nitrogen and oxygen atoms in total. The zero-order valence-corrected chi connectivity index (χ0v) is 9.37. The van der Waals surface area contributed by atoms with Crippen LogP contribution in [0.1, 0.15) is 26.7 Å². The highest BCUT2D eigenvalue weighted by atomic mass is 15.2. The van der Waals surface area contributed by atoms with E-state index in [2.05, 4.69) is 29.7 Å². The Morgan fingerprint density at radius 1 is 1.43 bits per heavy atom. The first kappa shape index (κ1) is 11.5. The van der Waals surface area contributed by atoms with Crippen molar-refractivity contribution in [1.82, 2.24) is 9.80 Å². The van der Waals surface area contributed by atoms with Gasteiger partial charge in [-0.3, -0.25) is 4.90 Å². The molecule has 1 aliphatic rings. The molecule has 0 aliphatic carbocycles. The van der Waals surface area contributed by atoms with Crippen LogP contribution in [-0.2, 0) is 0 Å². The van der Waals surface area contributed by atoms with Gasteiger partial charge >= 0.3 is 0 Å². The molecule has 0 aromatic heterocycles. The Hall–Kier alpha value is -0.590. The predicted molar refractivity (Wildman–Crippen MR) is 58.0 cm³/mol. The quantitative estimate of drug-likeness (QED) is 0.620. The second-order valence-corrected chi connectivity index (χ2v) is 3.91. The number of hydrogen-bond donors (Lipinski definition) is 0. The molecule has 0 aromatic rings. The van der Waals surface area contributed by atoms with Gasteiger partial charge in [-0.25, -0.2) is 0 Å². The Morgan fingerprint density at radius 3 is 2.71 bits per heavy atom. The summed E-state index contributed by atoms with van der Waals surface area (Å²) in [7, 11) is 0. The average molecular weight is 195 g/mol. The fourth-order valence-electron chi connectivity index (χ4n) is 2.18. The van der Waals surface area contributed by atoms with Gasteiger partial charge in [-0.2, -0.15) is 5.26 Å². The molecule has 1 saturated heterocycles. The summed E-state index contributed by atoms with van der Waals surface area (Å²) in [5.74, 6) is 0. The van der Waals surface area contributed by atoms with Gasteiger partial charge in [0.15, 0.2) is 0 Å². The van der Waals surface area contributed by atoms with Gasteiger partial charge in [-0.05, 0) is 32.5 Å². The second-order valence-electron chi connectivity index (χ2n) is 3.91. The lowest BCUT2D eigenvalue weighted by atomic mass is 10.2. The standard InChI is InChI=1S/C11H21N3/c1-3-13(4-2)10-11-6-5-8-14(11)9-7-12/h11H,3-6,8-10H2,1-2H3. The molecule has 1 fully saturated rings. The number of nitrogens with zero attached hydrogens (tertiary/aromatic N) is 3. The van der Waals surface area contributed by atoms with Crippen molar-refractivity contribution in [2.75, 3.05) is 32.7 Å². The predicted octanol–water partition coefficient (Wildman–Crippen LogP) is 1.32. The normalized spacial score (nSPS) is 22.9. The van der Waals surface area contributed by atoms with Crippen LogP contribution in [0.4, 0.5) is 0 Å². The van der Waals surface area contributed by atoms with Crippen molar-refractivity contribution in [2.45, 2.75) is 32.7 Å². The molecule has 0 bridgehead atoms. The van der Waals surface area contributed by atoms with Gasteiger partial charge in [-0.1, -0.05) is 13.8 Å². The molecule has 0 amide bonds. The van der Waals surface area contributed by atoms with Gasteiger partial charge in [0.05, 0.1) is 12.6 Å². The highest BCUT2D eigenvalue weighted by Gasteiger charge is 2.24. The van der Waals surface area contributed by atoms with Crippen molar-refractivity contribution in [3.05, 3.63) is 0 Å². The number of likely N-dealkylation sites (tertiary alicyclic amines) is 1. The lowest BCUT2D eigenvalue weighted by Crippen LogP contribution is -2.40. The van der Waals surface area contributed by atoms with Gasteiger partial charge in [0, 0.05) is 12.6 Å². The minimum Gasteiger partial charge on any atom is -0.302 e. The van der Waals surface area contributed by atoms with E-state index in [-0.39, 0.29) is 0 Å². The molecule has 1 aliphatic heterocycles. The lowest BCUT2D eigenvalue weighted by Gasteiger charge is -2.27. The van der Waals surface area contributed by atoms with Crippen LogP contribution in [0.5, 0.6) is 0 Å². The molecule has 0 aromatic carbocycles. The number of rotatable bonds is 5. The first-order chi connectivity index (χ1) is 6.81. The van der Waals surface area contributed by atoms with Crippen molar-refractivity contribution >= 4 is 0 Å². The molecule has 80 valence electrons. The van der Waals surface area contributed by atoms with Crippen LogP contribution in [0, 0.1) is 11.3 Å². The van der Waals surface area contributed by atoms with E-state index in [9.17, 15) is 0 Å². The summed E-state index contributed by atoms with van der Waals surface area (Å²) < 4.78 is 0. The molecule has 1 rings (SSSR count). The van der Waals surface area contributed by atoms with Crippen molar-refractivity contribution < 1.29 is 0 Å². The molecule has 1 heterocycles. The molecule has 14 heavy (non-hydrogen) atoms. The molecular formula is C11H21N3. The van der Waals surface area contributed by atoms with E-state index < -0.39 is 0 Å². The highest BCUT2D eigenvalue weighted by Crippen LogP contribution is 2.17. The monoisotopic (exact) mass is 195 g/mol. The Kier molecular flexibility index (Phi) is 4.92. The minimum absolute atomic E-state index is 0.603. The lowest BCUT2D eigenvalue weighted by molar-refractivity contribution is 0.194. The van der Waals surface area contributed by atoms with Gasteiger partial charge in [0.25, 0.3) is 0 Å². The van der Waals surface area contributed by atoms with Gasteiger partial charge in [-0.15, -0.1) is 0 Å². The summed E-state index contributed by atoms with van der Waals surface area (Å²) in [4.78, 5) is 4.76. The second kappa shape index (κ2) is 6.00. The van der Waals surface area contributed by atoms with Gasteiger partial charge in [0.2, 0.25) is 0 Å². The zero-order chi connectivity index (χ0) is 10.4. The van der Waals surface area contributed by atoms with Crippen LogP contribution in [0.2, 0.25) is 0 Å². The number of likely N-dealkylation sites (N-methyl/N-ethyl adjacent to an activating group) is 1. The summed E-state index contributed by atoms with van der Waals surface area (Å²) in [6.45, 7) is 9.49. The summed E-state index contributed by atoms with van der Waals surface area (Å²) in [5, 5.41) is 8.69. The van der Waals surface area contributed by atoms with Crippen molar-refractivity contribution in [3.8, 4) is 6.07 Å². The minimum atomic E-state index is 0.603. The molecule has 1 atom stereocenters. The third-order valence-corrected chi connectivity index (χ3v) is 3.14. The van der Waals surface area contributed by atoms with E-state index in [0.717, 1.165) is 26.2 Å². The fraction of sp³-hybridized carbons (Fsp3) is 0.909. The van der Waals surface area contributed by atoms with E-state index in [1.807, 2.05) is 0 Å². The molecule has 0 N–H and O–H groups in total. The van der Waals surface area contributed by atoms with Gasteiger partial charge in [0.1, 0.15) is 0 Å². The molecule has 3 heteroatoms. The topological polar surface area (TPSA) is 30.3 Å².